The summed E-state index contributed by atoms with van der Waals surface area (Å²) in [6, 6.07) is 8.04. The number of hydrogen-bond acceptors (Lipinski definition) is 3. The molecular formula is C12H10N2OS. The molecule has 1 aliphatic heterocycles. The van der Waals surface area contributed by atoms with E-state index in [1.54, 1.807) is 10.9 Å². The zero-order valence-electron chi connectivity index (χ0n) is 8.59. The summed E-state index contributed by atoms with van der Waals surface area (Å²) in [5.74, 6) is 0.00574. The van der Waals surface area contributed by atoms with Crippen LogP contribution in [0.1, 0.15) is 16.1 Å². The molecule has 1 aliphatic rings. The fraction of sp³-hybridized carbons (Fsp3) is 0.167. The number of para-hydroxylation sites is 1. The first-order valence-corrected chi connectivity index (χ1v) is 6.08. The summed E-state index contributed by atoms with van der Waals surface area (Å²) in [7, 11) is 0. The Balaban J connectivity index is 1.96. The van der Waals surface area contributed by atoms with Crippen molar-refractivity contribution in [3.63, 3.8) is 0 Å². The molecule has 1 amide bonds. The normalized spacial score (nSPS) is 13.9. The first kappa shape index (κ1) is 9.54. The monoisotopic (exact) mass is 230 g/mol. The van der Waals surface area contributed by atoms with E-state index in [0.717, 1.165) is 18.7 Å². The lowest BCUT2D eigenvalue weighted by atomic mass is 10.2. The third-order valence-electron chi connectivity index (χ3n) is 2.78. The molecule has 0 N–H and O–H groups in total. The van der Waals surface area contributed by atoms with Gasteiger partial charge in [0.05, 0.1) is 5.51 Å². The number of nitrogens with zero attached hydrogens (tertiary/aromatic N) is 2. The Labute approximate surface area is 97.4 Å². The van der Waals surface area contributed by atoms with Crippen molar-refractivity contribution in [2.24, 2.45) is 0 Å². The number of thiazole rings is 1. The van der Waals surface area contributed by atoms with Crippen molar-refractivity contribution in [1.29, 1.82) is 0 Å². The minimum absolute atomic E-state index is 0.00574. The van der Waals surface area contributed by atoms with E-state index in [4.69, 9.17) is 0 Å². The van der Waals surface area contributed by atoms with Crippen LogP contribution in [-0.2, 0) is 6.42 Å². The predicted octanol–water partition coefficient (Wildman–Crippen LogP) is 2.35. The van der Waals surface area contributed by atoms with Crippen molar-refractivity contribution in [2.75, 3.05) is 11.4 Å². The van der Waals surface area contributed by atoms with Crippen molar-refractivity contribution >= 4 is 22.9 Å². The van der Waals surface area contributed by atoms with Crippen LogP contribution in [0, 0.1) is 0 Å². The van der Waals surface area contributed by atoms with Crippen LogP contribution in [-0.4, -0.2) is 17.4 Å². The van der Waals surface area contributed by atoms with Crippen molar-refractivity contribution in [2.45, 2.75) is 6.42 Å². The van der Waals surface area contributed by atoms with Crippen LogP contribution in [0.3, 0.4) is 0 Å². The van der Waals surface area contributed by atoms with Crippen LogP contribution >= 0.6 is 11.3 Å². The van der Waals surface area contributed by atoms with E-state index in [1.165, 1.54) is 16.9 Å². The zero-order valence-corrected chi connectivity index (χ0v) is 9.41. The summed E-state index contributed by atoms with van der Waals surface area (Å²) >= 11 is 1.45. The first-order chi connectivity index (χ1) is 7.86. The van der Waals surface area contributed by atoms with E-state index in [1.807, 2.05) is 23.1 Å². The molecule has 0 radical (unpaired) electrons. The molecule has 0 atom stereocenters. The number of amides is 1. The van der Waals surface area contributed by atoms with Gasteiger partial charge in [-0.2, -0.15) is 0 Å². The van der Waals surface area contributed by atoms with Crippen LogP contribution in [0.4, 0.5) is 5.69 Å². The third kappa shape index (κ3) is 1.42. The highest BCUT2D eigenvalue weighted by Crippen LogP contribution is 2.28. The minimum atomic E-state index is 0.00574. The Bertz CT molecular complexity index is 522. The number of carbonyl (C=O) groups is 1. The van der Waals surface area contributed by atoms with Gasteiger partial charge in [-0.25, -0.2) is 4.98 Å². The Morgan fingerprint density at radius 1 is 1.38 bits per heavy atom. The van der Waals surface area contributed by atoms with Crippen LogP contribution in [0.25, 0.3) is 0 Å². The largest absolute Gasteiger partial charge is 0.306 e. The number of benzene rings is 1. The smallest absolute Gasteiger partial charge is 0.277 e. The number of fused-ring (bicyclic) bond motifs is 1. The van der Waals surface area contributed by atoms with E-state index in [0.29, 0.717) is 5.69 Å². The summed E-state index contributed by atoms with van der Waals surface area (Å²) in [6.07, 6.45) is 0.937. The average molecular weight is 230 g/mol. The number of rotatable bonds is 1. The molecule has 2 aromatic rings. The topological polar surface area (TPSA) is 33.2 Å². The summed E-state index contributed by atoms with van der Waals surface area (Å²) in [4.78, 5) is 18.0. The molecule has 0 saturated heterocycles. The molecule has 2 heterocycles. The Morgan fingerprint density at radius 3 is 3.06 bits per heavy atom. The molecular weight excluding hydrogens is 220 g/mol. The second-order valence-electron chi connectivity index (χ2n) is 3.71. The highest BCUT2D eigenvalue weighted by atomic mass is 32.1. The van der Waals surface area contributed by atoms with Gasteiger partial charge in [0.2, 0.25) is 0 Å². The molecule has 0 unspecified atom stereocenters. The van der Waals surface area contributed by atoms with Gasteiger partial charge in [0, 0.05) is 17.6 Å². The van der Waals surface area contributed by atoms with Gasteiger partial charge in [0.15, 0.2) is 0 Å². The van der Waals surface area contributed by atoms with E-state index < -0.39 is 0 Å². The van der Waals surface area contributed by atoms with E-state index in [9.17, 15) is 4.79 Å². The van der Waals surface area contributed by atoms with Gasteiger partial charge in [0.1, 0.15) is 5.69 Å². The summed E-state index contributed by atoms with van der Waals surface area (Å²) in [5, 5.41) is 1.79. The fourth-order valence-corrected chi connectivity index (χ4v) is 2.53. The molecule has 0 bridgehead atoms. The molecule has 0 saturated carbocycles. The second kappa shape index (κ2) is 3.72. The van der Waals surface area contributed by atoms with Crippen LogP contribution < -0.4 is 4.90 Å². The molecule has 3 nitrogen and oxygen atoms in total. The lowest BCUT2D eigenvalue weighted by Gasteiger charge is -2.15. The maximum Gasteiger partial charge on any atom is 0.277 e. The number of aromatic nitrogens is 1. The number of carbonyl (C=O) groups excluding carboxylic acids is 1. The standard InChI is InChI=1S/C12H10N2OS/c15-12(10-7-16-8-13-10)14-6-5-9-3-1-2-4-11(9)14/h1-4,7-8H,5-6H2. The molecule has 0 fully saturated rings. The predicted molar refractivity (Wildman–Crippen MR) is 63.9 cm³/mol. The Morgan fingerprint density at radius 2 is 2.25 bits per heavy atom. The van der Waals surface area contributed by atoms with Gasteiger partial charge in [-0.3, -0.25) is 4.79 Å². The second-order valence-corrected chi connectivity index (χ2v) is 4.43. The first-order valence-electron chi connectivity index (χ1n) is 5.14. The summed E-state index contributed by atoms with van der Waals surface area (Å²) < 4.78 is 0. The summed E-state index contributed by atoms with van der Waals surface area (Å²) in [6.45, 7) is 0.760. The van der Waals surface area contributed by atoms with Crippen molar-refractivity contribution in [3.05, 3.63) is 46.4 Å². The van der Waals surface area contributed by atoms with Gasteiger partial charge in [-0.1, -0.05) is 18.2 Å². The van der Waals surface area contributed by atoms with Crippen LogP contribution in [0.5, 0.6) is 0 Å². The maximum atomic E-state index is 12.1. The Hall–Kier alpha value is -1.68. The van der Waals surface area contributed by atoms with Crippen molar-refractivity contribution in [1.82, 2.24) is 4.98 Å². The molecule has 0 aliphatic carbocycles. The lowest BCUT2D eigenvalue weighted by molar-refractivity contribution is 0.0985. The van der Waals surface area contributed by atoms with Gasteiger partial charge in [-0.05, 0) is 18.1 Å². The molecule has 1 aromatic carbocycles. The molecule has 1 aromatic heterocycles. The molecule has 0 spiro atoms. The molecule has 80 valence electrons. The summed E-state index contributed by atoms with van der Waals surface area (Å²) in [5.41, 5.74) is 4.50. The van der Waals surface area contributed by atoms with E-state index in [2.05, 4.69) is 11.1 Å². The van der Waals surface area contributed by atoms with Gasteiger partial charge < -0.3 is 4.90 Å². The van der Waals surface area contributed by atoms with Crippen LogP contribution in [0.15, 0.2) is 35.2 Å². The lowest BCUT2D eigenvalue weighted by Crippen LogP contribution is -2.29. The average Bonchev–Trinajstić information content (AvgIpc) is 2.98. The van der Waals surface area contributed by atoms with Crippen LogP contribution in [0.2, 0.25) is 0 Å². The SMILES string of the molecule is O=C(c1cscn1)N1CCc2ccccc21. The van der Waals surface area contributed by atoms with E-state index in [-0.39, 0.29) is 5.91 Å². The van der Waals surface area contributed by atoms with Crippen molar-refractivity contribution in [3.8, 4) is 0 Å². The van der Waals surface area contributed by atoms with Crippen molar-refractivity contribution < 1.29 is 4.79 Å². The molecule has 16 heavy (non-hydrogen) atoms. The third-order valence-corrected chi connectivity index (χ3v) is 3.37. The molecule has 3 rings (SSSR count). The minimum Gasteiger partial charge on any atom is -0.306 e. The van der Waals surface area contributed by atoms with Gasteiger partial charge in [-0.15, -0.1) is 11.3 Å². The van der Waals surface area contributed by atoms with Gasteiger partial charge in [0.25, 0.3) is 5.91 Å². The number of hydrogen-bond donors (Lipinski definition) is 0. The molecule has 4 heteroatoms. The number of anilines is 1. The quantitative estimate of drug-likeness (QED) is 0.753. The highest BCUT2D eigenvalue weighted by Gasteiger charge is 2.25. The zero-order chi connectivity index (χ0) is 11.0. The highest BCUT2D eigenvalue weighted by molar-refractivity contribution is 7.07. The fourth-order valence-electron chi connectivity index (χ4n) is 2.01. The Kier molecular flexibility index (Phi) is 2.22. The van der Waals surface area contributed by atoms with Gasteiger partial charge >= 0.3 is 0 Å². The maximum absolute atomic E-state index is 12.1. The van der Waals surface area contributed by atoms with E-state index >= 15 is 0 Å².